The predicted octanol–water partition coefficient (Wildman–Crippen LogP) is 0.633. The Kier molecular flexibility index (Phi) is 6.48. The summed E-state index contributed by atoms with van der Waals surface area (Å²) in [7, 11) is -3.54. The normalized spacial score (nSPS) is 15.6. The number of nitriles is 1. The van der Waals surface area contributed by atoms with E-state index in [1.165, 1.54) is 0 Å². The summed E-state index contributed by atoms with van der Waals surface area (Å²) in [6, 6.07) is 1.45. The number of nitrogens with one attached hydrogen (secondary N) is 1. The van der Waals surface area contributed by atoms with Gasteiger partial charge >= 0.3 is 0 Å². The fourth-order valence-corrected chi connectivity index (χ4v) is 2.44. The fraction of sp³-hybridized carbons (Fsp3) is 0.889. The van der Waals surface area contributed by atoms with Gasteiger partial charge in [0, 0.05) is 12.6 Å². The maximum atomic E-state index is 11.6. The van der Waals surface area contributed by atoms with E-state index in [2.05, 4.69) is 4.72 Å². The highest BCUT2D eigenvalue weighted by Crippen LogP contribution is 2.03. The zero-order valence-corrected chi connectivity index (χ0v) is 10.2. The molecule has 2 atom stereocenters. The van der Waals surface area contributed by atoms with Crippen molar-refractivity contribution in [1.29, 1.82) is 5.26 Å². The lowest BCUT2D eigenvalue weighted by Gasteiger charge is -2.15. The molecule has 0 aromatic rings. The van der Waals surface area contributed by atoms with Crippen molar-refractivity contribution >= 4 is 10.0 Å². The first kappa shape index (κ1) is 14.4. The molecule has 0 fully saturated rings. The molecule has 0 saturated heterocycles. The van der Waals surface area contributed by atoms with Crippen molar-refractivity contribution in [1.82, 2.24) is 4.72 Å². The summed E-state index contributed by atoms with van der Waals surface area (Å²) in [4.78, 5) is 0. The Morgan fingerprint density at radius 3 is 2.47 bits per heavy atom. The Bertz CT molecular complexity index is 308. The van der Waals surface area contributed by atoms with E-state index in [0.29, 0.717) is 13.2 Å². The maximum absolute atomic E-state index is 11.6. The first-order valence-corrected chi connectivity index (χ1v) is 6.51. The minimum absolute atomic E-state index is 0.285. The largest absolute Gasteiger partial charge is 0.380 e. The Morgan fingerprint density at radius 2 is 2.07 bits per heavy atom. The molecule has 0 radical (unpaired) electrons. The van der Waals surface area contributed by atoms with Gasteiger partial charge in [-0.3, -0.25) is 0 Å². The van der Waals surface area contributed by atoms with Gasteiger partial charge in [-0.2, -0.15) is 5.26 Å². The van der Waals surface area contributed by atoms with Gasteiger partial charge in [0.25, 0.3) is 0 Å². The predicted molar refractivity (Wildman–Crippen MR) is 57.7 cm³/mol. The van der Waals surface area contributed by atoms with E-state index in [4.69, 9.17) is 10.00 Å². The lowest BCUT2D eigenvalue weighted by atomic mass is 10.4. The summed E-state index contributed by atoms with van der Waals surface area (Å²) in [5.74, 6) is 0. The van der Waals surface area contributed by atoms with Crippen LogP contribution in [-0.2, 0) is 14.8 Å². The molecule has 5 nitrogen and oxygen atoms in total. The van der Waals surface area contributed by atoms with Gasteiger partial charge in [-0.15, -0.1) is 0 Å². The third-order valence-corrected chi connectivity index (χ3v) is 3.75. The van der Waals surface area contributed by atoms with E-state index < -0.39 is 15.3 Å². The van der Waals surface area contributed by atoms with Crippen LogP contribution in [0.15, 0.2) is 0 Å². The molecule has 0 aromatic heterocycles. The second kappa shape index (κ2) is 6.77. The van der Waals surface area contributed by atoms with Gasteiger partial charge < -0.3 is 4.74 Å². The molecule has 0 rings (SSSR count). The Balaban J connectivity index is 4.32. The summed E-state index contributed by atoms with van der Waals surface area (Å²) in [6.45, 7) is 6.07. The lowest BCUT2D eigenvalue weighted by molar-refractivity contribution is 0.133. The Morgan fingerprint density at radius 1 is 1.47 bits per heavy atom. The highest BCUT2D eigenvalue weighted by molar-refractivity contribution is 7.90. The van der Waals surface area contributed by atoms with E-state index in [-0.39, 0.29) is 12.5 Å². The average Bonchev–Trinajstić information content (AvgIpc) is 2.15. The molecule has 0 aromatic carbocycles. The zero-order chi connectivity index (χ0) is 11.9. The molecule has 0 aliphatic heterocycles. The summed E-state index contributed by atoms with van der Waals surface area (Å²) in [6.07, 6.45) is 0.285. The minimum atomic E-state index is -3.54. The van der Waals surface area contributed by atoms with Gasteiger partial charge in [0.1, 0.15) is 0 Å². The van der Waals surface area contributed by atoms with Gasteiger partial charge in [0.2, 0.25) is 10.0 Å². The van der Waals surface area contributed by atoms with Gasteiger partial charge in [0.05, 0.1) is 12.7 Å². The first-order chi connectivity index (χ1) is 6.97. The van der Waals surface area contributed by atoms with Crippen LogP contribution in [0.1, 0.15) is 27.2 Å². The number of rotatable bonds is 7. The smallest absolute Gasteiger partial charge is 0.228 e. The van der Waals surface area contributed by atoms with E-state index >= 15 is 0 Å². The molecule has 0 amide bonds. The molecule has 0 saturated carbocycles. The van der Waals surface area contributed by atoms with Gasteiger partial charge in [-0.1, -0.05) is 6.92 Å². The van der Waals surface area contributed by atoms with Crippen LogP contribution in [0.25, 0.3) is 0 Å². The maximum Gasteiger partial charge on any atom is 0.228 e. The molecule has 6 heteroatoms. The van der Waals surface area contributed by atoms with Crippen LogP contribution < -0.4 is 4.72 Å². The molecular formula is C9H18N2O3S. The van der Waals surface area contributed by atoms with E-state index in [9.17, 15) is 8.42 Å². The van der Waals surface area contributed by atoms with E-state index in [1.54, 1.807) is 19.9 Å². The van der Waals surface area contributed by atoms with Crippen molar-refractivity contribution < 1.29 is 13.2 Å². The van der Waals surface area contributed by atoms with Crippen LogP contribution >= 0.6 is 0 Å². The van der Waals surface area contributed by atoms with E-state index in [0.717, 1.165) is 0 Å². The minimum Gasteiger partial charge on any atom is -0.380 e. The Labute approximate surface area is 91.5 Å². The topological polar surface area (TPSA) is 79.2 Å². The van der Waals surface area contributed by atoms with E-state index in [1.807, 2.05) is 6.92 Å². The molecule has 0 spiro atoms. The lowest BCUT2D eigenvalue weighted by Crippen LogP contribution is -2.41. The monoisotopic (exact) mass is 234 g/mol. The second-order valence-corrected chi connectivity index (χ2v) is 5.14. The van der Waals surface area contributed by atoms with Crippen molar-refractivity contribution in [2.45, 2.75) is 38.5 Å². The number of ether oxygens (including phenoxy) is 1. The van der Waals surface area contributed by atoms with Crippen LogP contribution in [0.2, 0.25) is 0 Å². The molecule has 2 unspecified atom stereocenters. The summed E-state index contributed by atoms with van der Waals surface area (Å²) >= 11 is 0. The third kappa shape index (κ3) is 5.11. The van der Waals surface area contributed by atoms with Crippen molar-refractivity contribution in [3.8, 4) is 6.07 Å². The molecular weight excluding hydrogens is 216 g/mol. The number of hydrogen-bond acceptors (Lipinski definition) is 4. The fourth-order valence-electron chi connectivity index (χ4n) is 1.07. The zero-order valence-electron chi connectivity index (χ0n) is 9.36. The quantitative estimate of drug-likeness (QED) is 0.701. The highest BCUT2D eigenvalue weighted by Gasteiger charge is 2.24. The molecule has 15 heavy (non-hydrogen) atoms. The third-order valence-electron chi connectivity index (χ3n) is 1.83. The second-order valence-electron chi connectivity index (χ2n) is 3.25. The Hall–Kier alpha value is -0.640. The SMILES string of the molecule is CCOCC(C)NS(=O)(=O)C(C#N)CC. The number of sulfonamides is 1. The van der Waals surface area contributed by atoms with Gasteiger partial charge in [-0.25, -0.2) is 13.1 Å². The summed E-state index contributed by atoms with van der Waals surface area (Å²) in [5, 5.41) is 7.67. The molecule has 1 N–H and O–H groups in total. The number of nitrogens with zero attached hydrogens (tertiary/aromatic N) is 1. The van der Waals surface area contributed by atoms with Crippen molar-refractivity contribution in [3.05, 3.63) is 0 Å². The van der Waals surface area contributed by atoms with Gasteiger partial charge in [0.15, 0.2) is 5.25 Å². The van der Waals surface area contributed by atoms with Crippen LogP contribution in [0, 0.1) is 11.3 Å². The molecule has 0 bridgehead atoms. The van der Waals surface area contributed by atoms with Crippen LogP contribution in [-0.4, -0.2) is 32.9 Å². The summed E-state index contributed by atoms with van der Waals surface area (Å²) < 4.78 is 30.7. The van der Waals surface area contributed by atoms with Crippen LogP contribution in [0.4, 0.5) is 0 Å². The van der Waals surface area contributed by atoms with Crippen LogP contribution in [0.5, 0.6) is 0 Å². The summed E-state index contributed by atoms with van der Waals surface area (Å²) in [5.41, 5.74) is 0. The standard InChI is InChI=1S/C9H18N2O3S/c1-4-9(6-10)15(12,13)11-8(3)7-14-5-2/h8-9,11H,4-5,7H2,1-3H3. The molecule has 88 valence electrons. The van der Waals surface area contributed by atoms with Crippen LogP contribution in [0.3, 0.4) is 0 Å². The molecule has 0 heterocycles. The van der Waals surface area contributed by atoms with Crippen molar-refractivity contribution in [2.75, 3.05) is 13.2 Å². The first-order valence-electron chi connectivity index (χ1n) is 4.96. The average molecular weight is 234 g/mol. The highest BCUT2D eigenvalue weighted by atomic mass is 32.2. The van der Waals surface area contributed by atoms with Gasteiger partial charge in [-0.05, 0) is 20.3 Å². The van der Waals surface area contributed by atoms with Crippen molar-refractivity contribution in [2.24, 2.45) is 0 Å². The molecule has 0 aliphatic carbocycles. The van der Waals surface area contributed by atoms with Crippen molar-refractivity contribution in [3.63, 3.8) is 0 Å². The molecule has 0 aliphatic rings. The number of hydrogen-bond donors (Lipinski definition) is 1.